The van der Waals surface area contributed by atoms with E-state index < -0.39 is 12.0 Å². The summed E-state index contributed by atoms with van der Waals surface area (Å²) in [5, 5.41) is 8.71. The second kappa shape index (κ2) is 4.80. The lowest BCUT2D eigenvalue weighted by molar-refractivity contribution is -0.138. The summed E-state index contributed by atoms with van der Waals surface area (Å²) >= 11 is 0. The highest BCUT2D eigenvalue weighted by Gasteiger charge is 2.11. The lowest BCUT2D eigenvalue weighted by atomic mass is 10.1. The Balaban J connectivity index is 2.11. The lowest BCUT2D eigenvalue weighted by Gasteiger charge is -2.07. The normalized spacial score (nSPS) is 12.3. The maximum absolute atomic E-state index is 10.6. The first-order valence-corrected chi connectivity index (χ1v) is 5.22. The molecule has 1 atom stereocenters. The molecule has 1 aromatic heterocycles. The van der Waals surface area contributed by atoms with Crippen LogP contribution >= 0.6 is 0 Å². The number of hydrogen-bond acceptors (Lipinski definition) is 3. The minimum absolute atomic E-state index is 0.333. The molecule has 1 unspecified atom stereocenters. The van der Waals surface area contributed by atoms with Gasteiger partial charge in [0.15, 0.2) is 0 Å². The van der Waals surface area contributed by atoms with E-state index in [1.54, 1.807) is 12.5 Å². The van der Waals surface area contributed by atoms with Gasteiger partial charge in [0.2, 0.25) is 0 Å². The van der Waals surface area contributed by atoms with Gasteiger partial charge in [-0.15, -0.1) is 0 Å². The standard InChI is InChI=1S/C12H13N3O2/c13-11(12(16)17)7-9-1-3-10(4-2-9)15-6-5-14-8-15/h1-6,8,11H,7,13H2,(H,16,17). The van der Waals surface area contributed by atoms with E-state index in [4.69, 9.17) is 10.8 Å². The minimum atomic E-state index is -0.983. The van der Waals surface area contributed by atoms with Crippen LogP contribution in [0.15, 0.2) is 43.0 Å². The minimum Gasteiger partial charge on any atom is -0.480 e. The average molecular weight is 231 g/mol. The molecule has 5 nitrogen and oxygen atoms in total. The zero-order valence-electron chi connectivity index (χ0n) is 9.15. The second-order valence-electron chi connectivity index (χ2n) is 3.79. The van der Waals surface area contributed by atoms with Gasteiger partial charge in [-0.05, 0) is 24.1 Å². The number of benzene rings is 1. The Morgan fingerprint density at radius 2 is 2.12 bits per heavy atom. The first-order valence-electron chi connectivity index (χ1n) is 5.22. The van der Waals surface area contributed by atoms with Crippen LogP contribution in [0.3, 0.4) is 0 Å². The molecule has 3 N–H and O–H groups in total. The Kier molecular flexibility index (Phi) is 3.20. The number of aliphatic carboxylic acids is 1. The first-order chi connectivity index (χ1) is 8.16. The van der Waals surface area contributed by atoms with Crippen molar-refractivity contribution in [3.8, 4) is 5.69 Å². The fraction of sp³-hybridized carbons (Fsp3) is 0.167. The van der Waals surface area contributed by atoms with Crippen LogP contribution in [0.4, 0.5) is 0 Å². The van der Waals surface area contributed by atoms with Crippen LogP contribution in [0.25, 0.3) is 5.69 Å². The molecular weight excluding hydrogens is 218 g/mol. The third-order valence-electron chi connectivity index (χ3n) is 2.51. The number of nitrogens with zero attached hydrogens (tertiary/aromatic N) is 2. The molecule has 0 radical (unpaired) electrons. The topological polar surface area (TPSA) is 81.1 Å². The van der Waals surface area contributed by atoms with Gasteiger partial charge in [0.1, 0.15) is 6.04 Å². The average Bonchev–Trinajstić information content (AvgIpc) is 2.83. The monoisotopic (exact) mass is 231 g/mol. The van der Waals surface area contributed by atoms with Gasteiger partial charge in [-0.3, -0.25) is 4.79 Å². The van der Waals surface area contributed by atoms with Crippen LogP contribution in [0.5, 0.6) is 0 Å². The molecule has 0 saturated carbocycles. The fourth-order valence-electron chi connectivity index (χ4n) is 1.56. The maximum atomic E-state index is 10.6. The number of nitrogens with two attached hydrogens (primary N) is 1. The molecule has 0 spiro atoms. The highest BCUT2D eigenvalue weighted by atomic mass is 16.4. The van der Waals surface area contributed by atoms with Crippen molar-refractivity contribution in [2.75, 3.05) is 0 Å². The summed E-state index contributed by atoms with van der Waals surface area (Å²) in [6.45, 7) is 0. The Morgan fingerprint density at radius 1 is 1.41 bits per heavy atom. The molecule has 5 heteroatoms. The molecule has 17 heavy (non-hydrogen) atoms. The molecule has 2 rings (SSSR count). The van der Waals surface area contributed by atoms with Gasteiger partial charge in [0.25, 0.3) is 0 Å². The number of hydrogen-bond donors (Lipinski definition) is 2. The van der Waals surface area contributed by atoms with Crippen LogP contribution in [0.2, 0.25) is 0 Å². The number of imidazole rings is 1. The van der Waals surface area contributed by atoms with Gasteiger partial charge < -0.3 is 15.4 Å². The summed E-state index contributed by atoms with van der Waals surface area (Å²) in [6.07, 6.45) is 5.59. The molecule has 0 fully saturated rings. The summed E-state index contributed by atoms with van der Waals surface area (Å²) < 4.78 is 1.88. The molecule has 1 heterocycles. The summed E-state index contributed by atoms with van der Waals surface area (Å²) in [5.41, 5.74) is 7.35. The molecular formula is C12H13N3O2. The van der Waals surface area contributed by atoms with E-state index in [0.717, 1.165) is 11.3 Å². The fourth-order valence-corrected chi connectivity index (χ4v) is 1.56. The predicted molar refractivity (Wildman–Crippen MR) is 62.9 cm³/mol. The van der Waals surface area contributed by atoms with Crippen molar-refractivity contribution in [2.24, 2.45) is 5.73 Å². The summed E-state index contributed by atoms with van der Waals surface area (Å²) in [6, 6.07) is 6.71. The number of aromatic nitrogens is 2. The van der Waals surface area contributed by atoms with Crippen molar-refractivity contribution < 1.29 is 9.90 Å². The van der Waals surface area contributed by atoms with E-state index >= 15 is 0 Å². The van der Waals surface area contributed by atoms with Crippen LogP contribution in [0, 0.1) is 0 Å². The van der Waals surface area contributed by atoms with Crippen LogP contribution < -0.4 is 5.73 Å². The van der Waals surface area contributed by atoms with Crippen molar-refractivity contribution in [3.63, 3.8) is 0 Å². The molecule has 2 aromatic rings. The Morgan fingerprint density at radius 3 is 2.65 bits per heavy atom. The SMILES string of the molecule is NC(Cc1ccc(-n2ccnc2)cc1)C(=O)O. The molecule has 0 bridgehead atoms. The van der Waals surface area contributed by atoms with E-state index in [-0.39, 0.29) is 0 Å². The quantitative estimate of drug-likeness (QED) is 0.816. The van der Waals surface area contributed by atoms with Gasteiger partial charge in [-0.25, -0.2) is 4.98 Å². The molecule has 88 valence electrons. The Bertz CT molecular complexity index is 491. The highest BCUT2D eigenvalue weighted by Crippen LogP contribution is 2.10. The first kappa shape index (κ1) is 11.3. The van der Waals surface area contributed by atoms with E-state index in [1.165, 1.54) is 0 Å². The van der Waals surface area contributed by atoms with Crippen molar-refractivity contribution in [2.45, 2.75) is 12.5 Å². The second-order valence-corrected chi connectivity index (χ2v) is 3.79. The molecule has 0 aliphatic heterocycles. The van der Waals surface area contributed by atoms with Crippen molar-refractivity contribution >= 4 is 5.97 Å². The summed E-state index contributed by atoms with van der Waals surface area (Å²) in [7, 11) is 0. The third kappa shape index (κ3) is 2.70. The molecule has 0 aliphatic carbocycles. The van der Waals surface area contributed by atoms with Crippen LogP contribution in [0.1, 0.15) is 5.56 Å². The van der Waals surface area contributed by atoms with Gasteiger partial charge in [-0.1, -0.05) is 12.1 Å². The van der Waals surface area contributed by atoms with Gasteiger partial charge >= 0.3 is 5.97 Å². The third-order valence-corrected chi connectivity index (χ3v) is 2.51. The number of carboxylic acids is 1. The van der Waals surface area contributed by atoms with Gasteiger partial charge in [-0.2, -0.15) is 0 Å². The molecule has 0 amide bonds. The lowest BCUT2D eigenvalue weighted by Crippen LogP contribution is -2.32. The molecule has 0 aliphatic rings. The summed E-state index contributed by atoms with van der Waals surface area (Å²) in [5.74, 6) is -0.983. The van der Waals surface area contributed by atoms with Gasteiger partial charge in [0.05, 0.1) is 6.33 Å². The smallest absolute Gasteiger partial charge is 0.320 e. The van der Waals surface area contributed by atoms with E-state index in [2.05, 4.69) is 4.98 Å². The zero-order chi connectivity index (χ0) is 12.3. The largest absolute Gasteiger partial charge is 0.480 e. The van der Waals surface area contributed by atoms with E-state index in [9.17, 15) is 4.79 Å². The summed E-state index contributed by atoms with van der Waals surface area (Å²) in [4.78, 5) is 14.6. The Hall–Kier alpha value is -2.14. The maximum Gasteiger partial charge on any atom is 0.320 e. The van der Waals surface area contributed by atoms with Crippen LogP contribution in [-0.2, 0) is 11.2 Å². The van der Waals surface area contributed by atoms with Crippen LogP contribution in [-0.4, -0.2) is 26.7 Å². The predicted octanol–water partition coefficient (Wildman–Crippen LogP) is 0.827. The van der Waals surface area contributed by atoms with E-state index in [0.29, 0.717) is 6.42 Å². The highest BCUT2D eigenvalue weighted by molar-refractivity contribution is 5.73. The van der Waals surface area contributed by atoms with Crippen molar-refractivity contribution in [1.82, 2.24) is 9.55 Å². The molecule has 1 aromatic carbocycles. The van der Waals surface area contributed by atoms with Crippen molar-refractivity contribution in [1.29, 1.82) is 0 Å². The number of rotatable bonds is 4. The Labute approximate surface area is 98.5 Å². The van der Waals surface area contributed by atoms with Crippen molar-refractivity contribution in [3.05, 3.63) is 48.5 Å². The van der Waals surface area contributed by atoms with E-state index in [1.807, 2.05) is 35.0 Å². The number of carbonyl (C=O) groups is 1. The van der Waals surface area contributed by atoms with Gasteiger partial charge in [0, 0.05) is 18.1 Å². The zero-order valence-corrected chi connectivity index (χ0v) is 9.15. The number of carboxylic acid groups (broad SMARTS) is 1. The molecule has 0 saturated heterocycles.